The van der Waals surface area contributed by atoms with E-state index in [1.165, 1.54) is 18.2 Å². The van der Waals surface area contributed by atoms with Gasteiger partial charge in [0, 0.05) is 30.5 Å². The number of anilines is 1. The van der Waals surface area contributed by atoms with Crippen molar-refractivity contribution in [3.63, 3.8) is 0 Å². The largest absolute Gasteiger partial charge is 0.463 e. The number of nitrogens with one attached hydrogen (secondary N) is 1. The van der Waals surface area contributed by atoms with E-state index in [0.717, 1.165) is 22.6 Å². The van der Waals surface area contributed by atoms with Gasteiger partial charge in [-0.3, -0.25) is 15.1 Å². The summed E-state index contributed by atoms with van der Waals surface area (Å²) in [7, 11) is 0. The van der Waals surface area contributed by atoms with Gasteiger partial charge in [-0.05, 0) is 36.6 Å². The second-order valence-electron chi connectivity index (χ2n) is 6.57. The highest BCUT2D eigenvalue weighted by Gasteiger charge is 2.08. The minimum atomic E-state index is -0.418. The molecule has 0 unspecified atom stereocenters. The summed E-state index contributed by atoms with van der Waals surface area (Å²) in [6.07, 6.45) is 3.06. The van der Waals surface area contributed by atoms with E-state index in [4.69, 9.17) is 9.73 Å². The Hall–Kier alpha value is -3.48. The third kappa shape index (κ3) is 6.88. The van der Waals surface area contributed by atoms with Gasteiger partial charge in [-0.15, -0.1) is 0 Å². The first-order chi connectivity index (χ1) is 13.9. The van der Waals surface area contributed by atoms with Gasteiger partial charge < -0.3 is 10.1 Å². The zero-order chi connectivity index (χ0) is 21.2. The van der Waals surface area contributed by atoms with E-state index in [2.05, 4.69) is 5.32 Å². The summed E-state index contributed by atoms with van der Waals surface area (Å²) in [5.74, 6) is -0.283. The monoisotopic (exact) mass is 395 g/mol. The van der Waals surface area contributed by atoms with E-state index in [1.807, 2.05) is 38.1 Å². The van der Waals surface area contributed by atoms with Crippen LogP contribution < -0.4 is 5.32 Å². The molecule has 7 heteroatoms. The standard InChI is InChI=1S/C22H25N3O4/c1-4-29-22(26)14-13-19(16(2)3)24-21-8-6-5-7-20(21)23-15-17-9-11-18(12-10-17)25(27)28/h5-14,16,23H,4,15H2,1-3H3/b14-13+,24-19?. The van der Waals surface area contributed by atoms with Crippen LogP contribution in [0.4, 0.5) is 17.1 Å². The molecule has 0 aromatic heterocycles. The lowest BCUT2D eigenvalue weighted by Gasteiger charge is -2.12. The molecule has 0 amide bonds. The van der Waals surface area contributed by atoms with Crippen LogP contribution >= 0.6 is 0 Å². The van der Waals surface area contributed by atoms with Gasteiger partial charge in [-0.25, -0.2) is 4.79 Å². The van der Waals surface area contributed by atoms with Crippen LogP contribution in [0.15, 0.2) is 65.7 Å². The van der Waals surface area contributed by atoms with Crippen molar-refractivity contribution in [1.82, 2.24) is 0 Å². The summed E-state index contributed by atoms with van der Waals surface area (Å²) in [5, 5.41) is 14.1. The lowest BCUT2D eigenvalue weighted by molar-refractivity contribution is -0.384. The third-order valence-electron chi connectivity index (χ3n) is 4.05. The van der Waals surface area contributed by atoms with E-state index in [0.29, 0.717) is 13.2 Å². The number of benzene rings is 2. The molecule has 0 bridgehead atoms. The van der Waals surface area contributed by atoms with Crippen molar-refractivity contribution in [2.45, 2.75) is 27.3 Å². The predicted molar refractivity (Wildman–Crippen MR) is 115 cm³/mol. The highest BCUT2D eigenvalue weighted by molar-refractivity contribution is 6.02. The normalized spacial score (nSPS) is 11.7. The smallest absolute Gasteiger partial charge is 0.330 e. The van der Waals surface area contributed by atoms with Crippen molar-refractivity contribution >= 4 is 28.7 Å². The number of carbonyl (C=O) groups is 1. The first kappa shape index (κ1) is 21.8. The number of aliphatic imine (C=N–C) groups is 1. The Bertz CT molecular complexity index is 903. The summed E-state index contributed by atoms with van der Waals surface area (Å²) in [6, 6.07) is 14.0. The molecule has 0 aliphatic heterocycles. The SMILES string of the molecule is CCOC(=O)/C=C/C(=Nc1ccccc1NCc1ccc([N+](=O)[O-])cc1)C(C)C. The van der Waals surface area contributed by atoms with Crippen molar-refractivity contribution in [2.24, 2.45) is 10.9 Å². The molecule has 0 aliphatic rings. The fourth-order valence-corrected chi connectivity index (χ4v) is 2.50. The molecule has 0 spiro atoms. The van der Waals surface area contributed by atoms with Crippen molar-refractivity contribution in [3.8, 4) is 0 Å². The van der Waals surface area contributed by atoms with Gasteiger partial charge in [0.2, 0.25) is 0 Å². The summed E-state index contributed by atoms with van der Waals surface area (Å²) in [6.45, 7) is 6.59. The van der Waals surface area contributed by atoms with Crippen molar-refractivity contribution in [3.05, 3.63) is 76.4 Å². The highest BCUT2D eigenvalue weighted by atomic mass is 16.6. The zero-order valence-corrected chi connectivity index (χ0v) is 16.8. The van der Waals surface area contributed by atoms with Gasteiger partial charge in [0.1, 0.15) is 0 Å². The Kier molecular flexibility index (Phi) is 8.09. The number of hydrogen-bond acceptors (Lipinski definition) is 6. The number of ether oxygens (including phenoxy) is 1. The van der Waals surface area contributed by atoms with Gasteiger partial charge in [0.15, 0.2) is 0 Å². The Morgan fingerprint density at radius 3 is 2.48 bits per heavy atom. The summed E-state index contributed by atoms with van der Waals surface area (Å²) in [5.41, 5.74) is 3.30. The lowest BCUT2D eigenvalue weighted by Crippen LogP contribution is -2.07. The van der Waals surface area contributed by atoms with Gasteiger partial charge >= 0.3 is 5.97 Å². The maximum atomic E-state index is 11.6. The molecule has 0 aliphatic carbocycles. The Morgan fingerprint density at radius 1 is 1.17 bits per heavy atom. The summed E-state index contributed by atoms with van der Waals surface area (Å²) < 4.78 is 4.92. The number of nitrogens with zero attached hydrogens (tertiary/aromatic N) is 2. The van der Waals surface area contributed by atoms with E-state index in [-0.39, 0.29) is 11.6 Å². The Morgan fingerprint density at radius 2 is 1.86 bits per heavy atom. The fourth-order valence-electron chi connectivity index (χ4n) is 2.50. The fraction of sp³-hybridized carbons (Fsp3) is 0.273. The predicted octanol–water partition coefficient (Wildman–Crippen LogP) is 5.05. The van der Waals surface area contributed by atoms with Crippen LogP contribution in [0.3, 0.4) is 0 Å². The molecule has 152 valence electrons. The van der Waals surface area contributed by atoms with Crippen LogP contribution in [0.25, 0.3) is 0 Å². The molecule has 0 saturated carbocycles. The van der Waals surface area contributed by atoms with Gasteiger partial charge in [0.25, 0.3) is 5.69 Å². The van der Waals surface area contributed by atoms with Crippen LogP contribution in [-0.4, -0.2) is 23.2 Å². The second kappa shape index (κ2) is 10.8. The van der Waals surface area contributed by atoms with Crippen LogP contribution in [0, 0.1) is 16.0 Å². The number of non-ortho nitro benzene ring substituents is 1. The second-order valence-corrected chi connectivity index (χ2v) is 6.57. The van der Waals surface area contributed by atoms with E-state index in [9.17, 15) is 14.9 Å². The number of nitro groups is 1. The molecule has 0 fully saturated rings. The quantitative estimate of drug-likeness (QED) is 0.211. The van der Waals surface area contributed by atoms with Gasteiger partial charge in [-0.2, -0.15) is 0 Å². The number of hydrogen-bond donors (Lipinski definition) is 1. The summed E-state index contributed by atoms with van der Waals surface area (Å²) >= 11 is 0. The van der Waals surface area contributed by atoms with Gasteiger partial charge in [0.05, 0.1) is 22.9 Å². The molecule has 2 aromatic carbocycles. The minimum Gasteiger partial charge on any atom is -0.463 e. The van der Waals surface area contributed by atoms with Gasteiger partial charge in [-0.1, -0.05) is 38.1 Å². The molecule has 7 nitrogen and oxygen atoms in total. The molecule has 29 heavy (non-hydrogen) atoms. The molecule has 0 saturated heterocycles. The first-order valence-electron chi connectivity index (χ1n) is 9.40. The minimum absolute atomic E-state index is 0.0636. The average Bonchev–Trinajstić information content (AvgIpc) is 2.70. The zero-order valence-electron chi connectivity index (χ0n) is 16.8. The van der Waals surface area contributed by atoms with Crippen LogP contribution in [0.1, 0.15) is 26.3 Å². The topological polar surface area (TPSA) is 93.8 Å². The molecule has 2 rings (SSSR count). The average molecular weight is 395 g/mol. The maximum Gasteiger partial charge on any atom is 0.330 e. The van der Waals surface area contributed by atoms with E-state index in [1.54, 1.807) is 25.1 Å². The maximum absolute atomic E-state index is 11.6. The van der Waals surface area contributed by atoms with Crippen LogP contribution in [-0.2, 0) is 16.1 Å². The Labute approximate surface area is 170 Å². The van der Waals surface area contributed by atoms with E-state index < -0.39 is 10.9 Å². The molecular weight excluding hydrogens is 370 g/mol. The highest BCUT2D eigenvalue weighted by Crippen LogP contribution is 2.26. The number of rotatable bonds is 9. The van der Waals surface area contributed by atoms with Crippen molar-refractivity contribution in [2.75, 3.05) is 11.9 Å². The number of para-hydroxylation sites is 2. The lowest BCUT2D eigenvalue weighted by atomic mass is 10.1. The number of carbonyl (C=O) groups excluding carboxylic acids is 1. The Balaban J connectivity index is 2.18. The summed E-state index contributed by atoms with van der Waals surface area (Å²) in [4.78, 5) is 26.7. The molecule has 1 N–H and O–H groups in total. The molecule has 0 atom stereocenters. The number of esters is 1. The molecular formula is C22H25N3O4. The first-order valence-corrected chi connectivity index (χ1v) is 9.40. The molecule has 0 radical (unpaired) electrons. The molecule has 0 heterocycles. The van der Waals surface area contributed by atoms with Crippen LogP contribution in [0.2, 0.25) is 0 Å². The number of nitro benzene ring substituents is 1. The van der Waals surface area contributed by atoms with Crippen molar-refractivity contribution < 1.29 is 14.5 Å². The van der Waals surface area contributed by atoms with E-state index >= 15 is 0 Å². The van der Waals surface area contributed by atoms with Crippen molar-refractivity contribution in [1.29, 1.82) is 0 Å². The number of allylic oxidation sites excluding steroid dienone is 1. The van der Waals surface area contributed by atoms with Crippen LogP contribution in [0.5, 0.6) is 0 Å². The molecule has 2 aromatic rings. The third-order valence-corrected chi connectivity index (χ3v) is 4.05.